The average Bonchev–Trinajstić information content (AvgIpc) is 2.65. The van der Waals surface area contributed by atoms with E-state index in [-0.39, 0.29) is 6.04 Å². The molecule has 1 aromatic heterocycles. The molecule has 1 aliphatic carbocycles. The lowest BCUT2D eigenvalue weighted by molar-refractivity contribution is 0.415. The number of nitrogens with two attached hydrogens (primary N) is 1. The number of aromatic amines is 1. The van der Waals surface area contributed by atoms with Gasteiger partial charge in [0.15, 0.2) is 0 Å². The van der Waals surface area contributed by atoms with Crippen LogP contribution in [0.1, 0.15) is 17.7 Å². The molecule has 1 heterocycles. The molecule has 3 nitrogen and oxygen atoms in total. The Morgan fingerprint density at radius 1 is 1.47 bits per heavy atom. The Labute approximate surface area is 105 Å². The highest BCUT2D eigenvalue weighted by Crippen LogP contribution is 2.35. The van der Waals surface area contributed by atoms with E-state index in [4.69, 9.17) is 22.1 Å². The van der Waals surface area contributed by atoms with E-state index >= 15 is 0 Å². The molecular formula is C13H15ClN2O. The molecule has 1 aliphatic rings. The summed E-state index contributed by atoms with van der Waals surface area (Å²) in [5.41, 5.74) is 9.73. The molecule has 1 unspecified atom stereocenters. The molecule has 90 valence electrons. The van der Waals surface area contributed by atoms with Crippen molar-refractivity contribution in [3.63, 3.8) is 0 Å². The maximum absolute atomic E-state index is 6.13. The van der Waals surface area contributed by atoms with Crippen LogP contribution in [0.15, 0.2) is 12.1 Å². The Balaban J connectivity index is 2.23. The molecule has 2 aromatic rings. The van der Waals surface area contributed by atoms with Crippen LogP contribution in [-0.4, -0.2) is 18.1 Å². The molecule has 17 heavy (non-hydrogen) atoms. The summed E-state index contributed by atoms with van der Waals surface area (Å²) < 4.78 is 5.26. The molecule has 0 bridgehead atoms. The number of H-pyrrole nitrogens is 1. The molecule has 3 rings (SSSR count). The van der Waals surface area contributed by atoms with Crippen LogP contribution in [0, 0.1) is 0 Å². The molecule has 1 aromatic carbocycles. The van der Waals surface area contributed by atoms with Crippen molar-refractivity contribution in [3.8, 4) is 5.75 Å². The molecule has 3 N–H and O–H groups in total. The fraction of sp³-hybridized carbons (Fsp3) is 0.385. The van der Waals surface area contributed by atoms with E-state index in [9.17, 15) is 0 Å². The van der Waals surface area contributed by atoms with Crippen molar-refractivity contribution in [2.45, 2.75) is 25.3 Å². The predicted octanol–water partition coefficient (Wildman–Crippen LogP) is 2.65. The SMILES string of the molecule is COc1cc2c3c([nH]c2cc1Cl)CCC(N)C3. The Hall–Kier alpha value is -1.19. The van der Waals surface area contributed by atoms with Crippen molar-refractivity contribution in [1.82, 2.24) is 4.98 Å². The monoisotopic (exact) mass is 250 g/mol. The predicted molar refractivity (Wildman–Crippen MR) is 69.9 cm³/mol. The third-order valence-corrected chi connectivity index (χ3v) is 3.79. The van der Waals surface area contributed by atoms with E-state index in [1.807, 2.05) is 12.1 Å². The van der Waals surface area contributed by atoms with E-state index in [0.717, 1.165) is 30.5 Å². The highest BCUT2D eigenvalue weighted by molar-refractivity contribution is 6.32. The van der Waals surface area contributed by atoms with Crippen LogP contribution < -0.4 is 10.5 Å². The number of methoxy groups -OCH3 is 1. The molecule has 0 saturated carbocycles. The topological polar surface area (TPSA) is 51.0 Å². The van der Waals surface area contributed by atoms with E-state index < -0.39 is 0 Å². The molecule has 0 spiro atoms. The third kappa shape index (κ3) is 1.70. The van der Waals surface area contributed by atoms with E-state index in [1.165, 1.54) is 16.6 Å². The van der Waals surface area contributed by atoms with Crippen molar-refractivity contribution in [1.29, 1.82) is 0 Å². The smallest absolute Gasteiger partial charge is 0.138 e. The van der Waals surface area contributed by atoms with E-state index in [0.29, 0.717) is 5.02 Å². The van der Waals surface area contributed by atoms with Gasteiger partial charge >= 0.3 is 0 Å². The summed E-state index contributed by atoms with van der Waals surface area (Å²) in [4.78, 5) is 3.43. The first-order valence-electron chi connectivity index (χ1n) is 5.81. The maximum Gasteiger partial charge on any atom is 0.138 e. The Kier molecular flexibility index (Phi) is 2.53. The zero-order valence-electron chi connectivity index (χ0n) is 9.72. The van der Waals surface area contributed by atoms with Gasteiger partial charge in [-0.05, 0) is 37.0 Å². The van der Waals surface area contributed by atoms with Crippen LogP contribution in [0.4, 0.5) is 0 Å². The van der Waals surface area contributed by atoms with Crippen LogP contribution in [0.5, 0.6) is 5.75 Å². The first kappa shape index (κ1) is 10.9. The summed E-state index contributed by atoms with van der Waals surface area (Å²) in [6.45, 7) is 0. The third-order valence-electron chi connectivity index (χ3n) is 3.50. The lowest BCUT2D eigenvalue weighted by Gasteiger charge is -2.18. The fourth-order valence-electron chi connectivity index (χ4n) is 2.60. The fourth-order valence-corrected chi connectivity index (χ4v) is 2.84. The Bertz CT molecular complexity index is 576. The molecule has 1 atom stereocenters. The van der Waals surface area contributed by atoms with Gasteiger partial charge in [0.05, 0.1) is 12.1 Å². The minimum absolute atomic E-state index is 0.267. The Morgan fingerprint density at radius 2 is 2.29 bits per heavy atom. The standard InChI is InChI=1S/C13H15ClN2O/c1-17-13-5-9-8-4-7(15)2-3-11(8)16-12(9)6-10(13)14/h5-7,16H,2-4,15H2,1H3. The molecular weight excluding hydrogens is 236 g/mol. The lowest BCUT2D eigenvalue weighted by atomic mass is 9.92. The second kappa shape index (κ2) is 3.93. The van der Waals surface area contributed by atoms with Crippen LogP contribution >= 0.6 is 11.6 Å². The van der Waals surface area contributed by atoms with Gasteiger partial charge in [-0.15, -0.1) is 0 Å². The quantitative estimate of drug-likeness (QED) is 0.818. The number of ether oxygens (including phenoxy) is 1. The zero-order valence-corrected chi connectivity index (χ0v) is 10.5. The molecule has 0 radical (unpaired) electrons. The first-order valence-corrected chi connectivity index (χ1v) is 6.19. The van der Waals surface area contributed by atoms with Gasteiger partial charge in [-0.2, -0.15) is 0 Å². The lowest BCUT2D eigenvalue weighted by Crippen LogP contribution is -2.27. The summed E-state index contributed by atoms with van der Waals surface area (Å²) in [6, 6.07) is 4.20. The van der Waals surface area contributed by atoms with Gasteiger partial charge in [-0.1, -0.05) is 11.6 Å². The number of rotatable bonds is 1. The van der Waals surface area contributed by atoms with Crippen molar-refractivity contribution >= 4 is 22.5 Å². The minimum Gasteiger partial charge on any atom is -0.495 e. The summed E-state index contributed by atoms with van der Waals surface area (Å²) in [5, 5.41) is 1.83. The highest BCUT2D eigenvalue weighted by atomic mass is 35.5. The number of hydrogen-bond acceptors (Lipinski definition) is 2. The van der Waals surface area contributed by atoms with Gasteiger partial charge in [0.2, 0.25) is 0 Å². The first-order chi connectivity index (χ1) is 8.19. The van der Waals surface area contributed by atoms with Gasteiger partial charge < -0.3 is 15.5 Å². The number of benzene rings is 1. The van der Waals surface area contributed by atoms with E-state index in [1.54, 1.807) is 7.11 Å². The van der Waals surface area contributed by atoms with Crippen molar-refractivity contribution in [3.05, 3.63) is 28.4 Å². The largest absolute Gasteiger partial charge is 0.495 e. The number of nitrogens with one attached hydrogen (secondary N) is 1. The second-order valence-electron chi connectivity index (χ2n) is 4.62. The molecule has 0 fully saturated rings. The van der Waals surface area contributed by atoms with Gasteiger partial charge in [-0.25, -0.2) is 0 Å². The summed E-state index contributed by atoms with van der Waals surface area (Å²) in [5.74, 6) is 0.722. The second-order valence-corrected chi connectivity index (χ2v) is 5.02. The highest BCUT2D eigenvalue weighted by Gasteiger charge is 2.20. The Morgan fingerprint density at radius 3 is 3.06 bits per heavy atom. The maximum atomic E-state index is 6.13. The van der Waals surface area contributed by atoms with E-state index in [2.05, 4.69) is 4.98 Å². The van der Waals surface area contributed by atoms with Crippen LogP contribution in [0.2, 0.25) is 5.02 Å². The molecule has 0 saturated heterocycles. The van der Waals surface area contributed by atoms with Gasteiger partial charge in [0, 0.05) is 22.6 Å². The zero-order chi connectivity index (χ0) is 12.0. The van der Waals surface area contributed by atoms with Crippen molar-refractivity contribution in [2.75, 3.05) is 7.11 Å². The summed E-state index contributed by atoms with van der Waals surface area (Å²) in [7, 11) is 1.64. The number of fused-ring (bicyclic) bond motifs is 3. The van der Waals surface area contributed by atoms with Gasteiger partial charge in [0.1, 0.15) is 5.75 Å². The average molecular weight is 251 g/mol. The summed E-state index contributed by atoms with van der Waals surface area (Å²) in [6.07, 6.45) is 3.00. The number of halogens is 1. The molecule has 4 heteroatoms. The van der Waals surface area contributed by atoms with Crippen molar-refractivity contribution < 1.29 is 4.74 Å². The van der Waals surface area contributed by atoms with Gasteiger partial charge in [0.25, 0.3) is 0 Å². The van der Waals surface area contributed by atoms with Gasteiger partial charge in [-0.3, -0.25) is 0 Å². The van der Waals surface area contributed by atoms with Crippen LogP contribution in [-0.2, 0) is 12.8 Å². The molecule has 0 amide bonds. The number of aromatic nitrogens is 1. The normalized spacial score (nSPS) is 19.4. The van der Waals surface area contributed by atoms with Crippen LogP contribution in [0.3, 0.4) is 0 Å². The van der Waals surface area contributed by atoms with Crippen molar-refractivity contribution in [2.24, 2.45) is 5.73 Å². The number of aryl methyl sites for hydroxylation is 1. The number of hydrogen-bond donors (Lipinski definition) is 2. The molecule has 0 aliphatic heterocycles. The van der Waals surface area contributed by atoms with Crippen LogP contribution in [0.25, 0.3) is 10.9 Å². The summed E-state index contributed by atoms with van der Waals surface area (Å²) >= 11 is 6.13. The minimum atomic E-state index is 0.267.